The topological polar surface area (TPSA) is 12.5 Å². The summed E-state index contributed by atoms with van der Waals surface area (Å²) >= 11 is 0. The molecule has 2 heteroatoms. The van der Waals surface area contributed by atoms with Crippen molar-refractivity contribution in [1.82, 2.24) is 4.90 Å². The summed E-state index contributed by atoms with van der Waals surface area (Å²) in [6, 6.07) is 0. The second-order valence-electron chi connectivity index (χ2n) is 3.09. The Balaban J connectivity index is 3.94. The quantitative estimate of drug-likeness (QED) is 0.426. The van der Waals surface area contributed by atoms with Crippen molar-refractivity contribution in [2.75, 3.05) is 19.7 Å². The molecule has 0 aromatic heterocycles. The Bertz CT molecular complexity index is 121. The van der Waals surface area contributed by atoms with Gasteiger partial charge in [-0.3, -0.25) is 4.90 Å². The maximum Gasteiger partial charge on any atom is 0.111 e. The smallest absolute Gasteiger partial charge is 0.111 e. The third kappa shape index (κ3) is 5.06. The average Bonchev–Trinajstić information content (AvgIpc) is 2.16. The second kappa shape index (κ2) is 8.27. The third-order valence-electron chi connectivity index (χ3n) is 2.16. The van der Waals surface area contributed by atoms with Gasteiger partial charge in [-0.25, -0.2) is 0 Å². The fourth-order valence-corrected chi connectivity index (χ4v) is 1.43. The van der Waals surface area contributed by atoms with Crippen molar-refractivity contribution in [1.29, 1.82) is 0 Å². The van der Waals surface area contributed by atoms with Crippen LogP contribution in [-0.4, -0.2) is 30.8 Å². The van der Waals surface area contributed by atoms with E-state index in [1.54, 1.807) is 0 Å². The molecule has 0 bridgehead atoms. The summed E-state index contributed by atoms with van der Waals surface area (Å²) in [6.45, 7) is 13.0. The molecule has 0 spiro atoms. The van der Waals surface area contributed by atoms with Gasteiger partial charge in [0.2, 0.25) is 0 Å². The van der Waals surface area contributed by atoms with E-state index >= 15 is 0 Å². The minimum Gasteiger partial charge on any atom is -0.359 e. The van der Waals surface area contributed by atoms with Gasteiger partial charge in [0.25, 0.3) is 0 Å². The van der Waals surface area contributed by atoms with E-state index in [0.29, 0.717) is 6.61 Å². The molecule has 0 amide bonds. The molecule has 1 atom stereocenters. The Labute approximate surface area is 82.6 Å². The first-order valence-corrected chi connectivity index (χ1v) is 5.26. The van der Waals surface area contributed by atoms with Crippen molar-refractivity contribution in [3.63, 3.8) is 0 Å². The normalized spacial score (nSPS) is 13.2. The molecule has 0 aliphatic carbocycles. The Morgan fingerprint density at radius 1 is 1.31 bits per heavy atom. The van der Waals surface area contributed by atoms with Crippen molar-refractivity contribution in [2.45, 2.75) is 39.8 Å². The first-order chi connectivity index (χ1) is 6.29. The number of hydrogen-bond acceptors (Lipinski definition) is 2. The molecule has 0 N–H and O–H groups in total. The highest BCUT2D eigenvalue weighted by atomic mass is 16.5. The first-order valence-electron chi connectivity index (χ1n) is 5.26. The van der Waals surface area contributed by atoms with Gasteiger partial charge in [0.05, 0.1) is 6.61 Å². The summed E-state index contributed by atoms with van der Waals surface area (Å²) < 4.78 is 5.68. The molecule has 0 heterocycles. The van der Waals surface area contributed by atoms with E-state index in [1.807, 2.05) is 6.08 Å². The molecule has 0 radical (unpaired) electrons. The molecule has 0 rings (SSSR count). The highest BCUT2D eigenvalue weighted by Crippen LogP contribution is 2.08. The van der Waals surface area contributed by atoms with Crippen LogP contribution in [0.2, 0.25) is 0 Å². The van der Waals surface area contributed by atoms with Gasteiger partial charge in [0, 0.05) is 0 Å². The molecular weight excluding hydrogens is 162 g/mol. The maximum atomic E-state index is 5.68. The predicted molar refractivity (Wildman–Crippen MR) is 57.8 cm³/mol. The minimum atomic E-state index is 0.276. The van der Waals surface area contributed by atoms with Gasteiger partial charge in [-0.1, -0.05) is 33.3 Å². The van der Waals surface area contributed by atoms with E-state index in [1.165, 1.54) is 0 Å². The highest BCUT2D eigenvalue weighted by Gasteiger charge is 2.13. The largest absolute Gasteiger partial charge is 0.359 e. The molecule has 0 aliphatic rings. The van der Waals surface area contributed by atoms with Crippen molar-refractivity contribution in [3.8, 4) is 0 Å². The van der Waals surface area contributed by atoms with Crippen molar-refractivity contribution >= 4 is 0 Å². The van der Waals surface area contributed by atoms with E-state index in [-0.39, 0.29) is 6.23 Å². The zero-order chi connectivity index (χ0) is 10.1. The van der Waals surface area contributed by atoms with Crippen LogP contribution in [-0.2, 0) is 4.74 Å². The Morgan fingerprint density at radius 2 is 1.92 bits per heavy atom. The first kappa shape index (κ1) is 12.7. The highest BCUT2D eigenvalue weighted by molar-refractivity contribution is 4.67. The number of rotatable bonds is 8. The van der Waals surface area contributed by atoms with Gasteiger partial charge in [-0.15, -0.1) is 6.58 Å². The molecule has 2 nitrogen and oxygen atoms in total. The van der Waals surface area contributed by atoms with Crippen LogP contribution >= 0.6 is 0 Å². The SMILES string of the molecule is C=CCOC(CCC)N(CC)CC. The van der Waals surface area contributed by atoms with E-state index in [2.05, 4.69) is 32.3 Å². The second-order valence-corrected chi connectivity index (χ2v) is 3.09. The van der Waals surface area contributed by atoms with Gasteiger partial charge in [0.15, 0.2) is 0 Å². The van der Waals surface area contributed by atoms with E-state index in [4.69, 9.17) is 4.74 Å². The molecule has 0 fully saturated rings. The molecule has 0 aliphatic heterocycles. The molecule has 0 saturated carbocycles. The lowest BCUT2D eigenvalue weighted by Gasteiger charge is -2.28. The van der Waals surface area contributed by atoms with Crippen LogP contribution in [0.1, 0.15) is 33.6 Å². The molecule has 0 saturated heterocycles. The lowest BCUT2D eigenvalue weighted by atomic mass is 10.2. The van der Waals surface area contributed by atoms with Crippen LogP contribution in [0.5, 0.6) is 0 Å². The Kier molecular flexibility index (Phi) is 8.05. The standard InChI is InChI=1S/C11H23NO/c1-5-9-11(13-10-6-2)12(7-3)8-4/h6,11H,2,5,7-10H2,1,3-4H3. The lowest BCUT2D eigenvalue weighted by Crippen LogP contribution is -2.37. The maximum absolute atomic E-state index is 5.68. The molecule has 13 heavy (non-hydrogen) atoms. The summed E-state index contributed by atoms with van der Waals surface area (Å²) in [7, 11) is 0. The Morgan fingerprint density at radius 3 is 2.31 bits per heavy atom. The summed E-state index contributed by atoms with van der Waals surface area (Å²) in [5.74, 6) is 0. The summed E-state index contributed by atoms with van der Waals surface area (Å²) in [5, 5.41) is 0. The zero-order valence-electron chi connectivity index (χ0n) is 9.25. The van der Waals surface area contributed by atoms with Gasteiger partial charge in [0.1, 0.15) is 6.23 Å². The monoisotopic (exact) mass is 185 g/mol. The van der Waals surface area contributed by atoms with E-state index in [9.17, 15) is 0 Å². The summed E-state index contributed by atoms with van der Waals surface area (Å²) in [5.41, 5.74) is 0. The van der Waals surface area contributed by atoms with Crippen LogP contribution in [0.3, 0.4) is 0 Å². The number of nitrogens with zero attached hydrogens (tertiary/aromatic N) is 1. The zero-order valence-corrected chi connectivity index (χ0v) is 9.25. The average molecular weight is 185 g/mol. The molecule has 78 valence electrons. The molecule has 0 aromatic rings. The molecular formula is C11H23NO. The minimum absolute atomic E-state index is 0.276. The van der Waals surface area contributed by atoms with Crippen molar-refractivity contribution in [2.24, 2.45) is 0 Å². The molecule has 1 unspecified atom stereocenters. The number of hydrogen-bond donors (Lipinski definition) is 0. The fourth-order valence-electron chi connectivity index (χ4n) is 1.43. The van der Waals surface area contributed by atoms with E-state index in [0.717, 1.165) is 25.9 Å². The summed E-state index contributed by atoms with van der Waals surface area (Å²) in [4.78, 5) is 2.34. The van der Waals surface area contributed by atoms with Crippen molar-refractivity contribution < 1.29 is 4.74 Å². The van der Waals surface area contributed by atoms with Crippen LogP contribution in [0.15, 0.2) is 12.7 Å². The molecule has 0 aromatic carbocycles. The lowest BCUT2D eigenvalue weighted by molar-refractivity contribution is -0.0486. The Hall–Kier alpha value is -0.340. The predicted octanol–water partition coefficient (Wildman–Crippen LogP) is 2.66. The van der Waals surface area contributed by atoms with Crippen LogP contribution in [0.25, 0.3) is 0 Å². The van der Waals surface area contributed by atoms with Gasteiger partial charge < -0.3 is 4.74 Å². The van der Waals surface area contributed by atoms with Crippen LogP contribution in [0, 0.1) is 0 Å². The fraction of sp³-hybridized carbons (Fsp3) is 0.818. The van der Waals surface area contributed by atoms with Crippen LogP contribution < -0.4 is 0 Å². The third-order valence-corrected chi connectivity index (χ3v) is 2.16. The van der Waals surface area contributed by atoms with Crippen LogP contribution in [0.4, 0.5) is 0 Å². The van der Waals surface area contributed by atoms with Crippen molar-refractivity contribution in [3.05, 3.63) is 12.7 Å². The van der Waals surface area contributed by atoms with Gasteiger partial charge in [-0.05, 0) is 19.5 Å². The van der Waals surface area contributed by atoms with Gasteiger partial charge >= 0.3 is 0 Å². The number of ether oxygens (including phenoxy) is 1. The van der Waals surface area contributed by atoms with E-state index < -0.39 is 0 Å². The summed E-state index contributed by atoms with van der Waals surface area (Å²) in [6.07, 6.45) is 4.36. The van der Waals surface area contributed by atoms with Gasteiger partial charge in [-0.2, -0.15) is 0 Å².